The zero-order chi connectivity index (χ0) is 13.0. The predicted octanol–water partition coefficient (Wildman–Crippen LogP) is 2.33. The van der Waals surface area contributed by atoms with Gasteiger partial charge in [-0.2, -0.15) is 0 Å². The maximum atomic E-state index is 11.1. The second kappa shape index (κ2) is 12.6. The van der Waals surface area contributed by atoms with Gasteiger partial charge in [-0.1, -0.05) is 26.7 Å². The van der Waals surface area contributed by atoms with Crippen LogP contribution in [0.1, 0.15) is 40.5 Å². The number of nitrogens with zero attached hydrogens (tertiary/aromatic N) is 1. The topological polar surface area (TPSA) is 66.8 Å². The average molecular weight is 252 g/mol. The summed E-state index contributed by atoms with van der Waals surface area (Å²) in [6, 6.07) is 0. The molecule has 0 rings (SSSR count). The molecule has 0 radical (unpaired) electrons. The van der Waals surface area contributed by atoms with Crippen molar-refractivity contribution in [2.45, 2.75) is 40.5 Å². The molecule has 5 nitrogen and oxygen atoms in total. The Morgan fingerprint density at radius 2 is 1.62 bits per heavy atom. The van der Waals surface area contributed by atoms with Gasteiger partial charge < -0.3 is 4.90 Å². The lowest BCUT2D eigenvalue weighted by Crippen LogP contribution is -2.32. The molecule has 0 aliphatic carbocycles. The van der Waals surface area contributed by atoms with Gasteiger partial charge in [0.25, 0.3) is 5.91 Å². The van der Waals surface area contributed by atoms with Gasteiger partial charge in [0.2, 0.25) is 0 Å². The first-order valence-corrected chi connectivity index (χ1v) is 6.73. The summed E-state index contributed by atoms with van der Waals surface area (Å²) >= 11 is 0. The highest BCUT2D eigenvalue weighted by molar-refractivity contribution is 7.32. The molecule has 1 unspecified atom stereocenters. The van der Waals surface area contributed by atoms with Crippen molar-refractivity contribution in [2.75, 3.05) is 19.7 Å². The van der Waals surface area contributed by atoms with E-state index in [0.29, 0.717) is 13.1 Å². The van der Waals surface area contributed by atoms with Gasteiger partial charge in [-0.3, -0.25) is 4.79 Å². The van der Waals surface area contributed by atoms with Crippen LogP contribution in [0, 0.1) is 0 Å². The Morgan fingerprint density at radius 3 is 1.88 bits per heavy atom. The molecule has 0 aromatic carbocycles. The van der Waals surface area contributed by atoms with E-state index in [1.165, 1.54) is 17.7 Å². The molecule has 96 valence electrons. The van der Waals surface area contributed by atoms with E-state index in [4.69, 9.17) is 4.89 Å². The molecular weight excluding hydrogens is 229 g/mol. The number of rotatable bonds is 6. The highest BCUT2D eigenvalue weighted by Gasteiger charge is 2.18. The Balaban J connectivity index is 0. The van der Waals surface area contributed by atoms with E-state index in [2.05, 4.69) is 18.4 Å². The minimum atomic E-state index is -2.67. The van der Waals surface area contributed by atoms with Gasteiger partial charge in [0.05, 0.1) is 0 Å². The molecule has 1 atom stereocenters. The SMILES string of the molecule is CCCC.CCN(CC)C(=O)CO[P+](=O)O. The summed E-state index contributed by atoms with van der Waals surface area (Å²) in [6.45, 7) is 8.87. The van der Waals surface area contributed by atoms with E-state index in [-0.39, 0.29) is 12.5 Å². The van der Waals surface area contributed by atoms with Gasteiger partial charge in [0, 0.05) is 17.7 Å². The molecule has 6 heteroatoms. The average Bonchev–Trinajstić information content (AvgIpc) is 2.28. The lowest BCUT2D eigenvalue weighted by molar-refractivity contribution is -0.133. The van der Waals surface area contributed by atoms with Gasteiger partial charge in [-0.25, -0.2) is 0 Å². The Morgan fingerprint density at radius 1 is 1.19 bits per heavy atom. The molecular formula is C10H23NO4P+. The fraction of sp³-hybridized carbons (Fsp3) is 0.900. The number of amides is 1. The molecule has 0 heterocycles. The van der Waals surface area contributed by atoms with Crippen molar-refractivity contribution < 1.29 is 18.8 Å². The molecule has 1 N–H and O–H groups in total. The molecule has 0 aliphatic heterocycles. The molecule has 0 aromatic heterocycles. The summed E-state index contributed by atoms with van der Waals surface area (Å²) in [7, 11) is -2.67. The predicted molar refractivity (Wildman–Crippen MR) is 64.3 cm³/mol. The molecule has 0 aromatic rings. The van der Waals surface area contributed by atoms with Crippen LogP contribution in [0.25, 0.3) is 0 Å². The maximum Gasteiger partial charge on any atom is 0.695 e. The normalized spacial score (nSPS) is 10.2. The van der Waals surface area contributed by atoms with E-state index >= 15 is 0 Å². The Bertz CT molecular complexity index is 193. The van der Waals surface area contributed by atoms with Crippen LogP contribution in [0.4, 0.5) is 0 Å². The Hall–Kier alpha value is -0.510. The van der Waals surface area contributed by atoms with E-state index in [9.17, 15) is 9.36 Å². The largest absolute Gasteiger partial charge is 0.695 e. The van der Waals surface area contributed by atoms with Crippen molar-refractivity contribution in [1.82, 2.24) is 4.90 Å². The quantitative estimate of drug-likeness (QED) is 0.737. The zero-order valence-electron chi connectivity index (χ0n) is 10.6. The summed E-state index contributed by atoms with van der Waals surface area (Å²) in [5, 5.41) is 0. The van der Waals surface area contributed by atoms with Crippen molar-refractivity contribution in [1.29, 1.82) is 0 Å². The van der Waals surface area contributed by atoms with Crippen LogP contribution in [-0.4, -0.2) is 35.4 Å². The van der Waals surface area contributed by atoms with Crippen LogP contribution in [-0.2, 0) is 13.9 Å². The van der Waals surface area contributed by atoms with Gasteiger partial charge in [0.15, 0.2) is 6.61 Å². The number of hydrogen-bond acceptors (Lipinski definition) is 3. The van der Waals surface area contributed by atoms with Crippen LogP contribution in [0.15, 0.2) is 0 Å². The lowest BCUT2D eigenvalue weighted by atomic mass is 10.4. The van der Waals surface area contributed by atoms with Crippen LogP contribution >= 0.6 is 8.25 Å². The van der Waals surface area contributed by atoms with Crippen LogP contribution in [0.2, 0.25) is 0 Å². The third-order valence-corrected chi connectivity index (χ3v) is 2.26. The van der Waals surface area contributed by atoms with E-state index < -0.39 is 8.25 Å². The minimum Gasteiger partial charge on any atom is -0.341 e. The number of unbranched alkanes of at least 4 members (excludes halogenated alkanes) is 1. The first-order valence-electron chi connectivity index (χ1n) is 5.60. The molecule has 0 aliphatic rings. The molecule has 0 spiro atoms. The Labute approximate surface area is 98.7 Å². The van der Waals surface area contributed by atoms with Crippen LogP contribution < -0.4 is 0 Å². The van der Waals surface area contributed by atoms with Crippen molar-refractivity contribution in [3.8, 4) is 0 Å². The lowest BCUT2D eigenvalue weighted by Gasteiger charge is -2.16. The summed E-state index contributed by atoms with van der Waals surface area (Å²) in [5.41, 5.74) is 0. The molecule has 1 amide bonds. The standard InChI is InChI=1S/C6H12NO4P.C4H10/c1-3-7(4-2)6(8)5-11-12(9)10;1-3-4-2/h3-5H2,1-2H3;3-4H2,1-2H3/p+1. The zero-order valence-corrected chi connectivity index (χ0v) is 11.5. The summed E-state index contributed by atoms with van der Waals surface area (Å²) in [5.74, 6) is -0.266. The molecule has 0 saturated heterocycles. The second-order valence-corrected chi connectivity index (χ2v) is 3.81. The van der Waals surface area contributed by atoms with Crippen LogP contribution in [0.3, 0.4) is 0 Å². The summed E-state index contributed by atoms with van der Waals surface area (Å²) in [6.07, 6.45) is 2.64. The van der Waals surface area contributed by atoms with Crippen molar-refractivity contribution in [3.05, 3.63) is 0 Å². The second-order valence-electron chi connectivity index (χ2n) is 3.08. The van der Waals surface area contributed by atoms with Crippen molar-refractivity contribution in [3.63, 3.8) is 0 Å². The van der Waals surface area contributed by atoms with Gasteiger partial charge in [-0.15, -0.1) is 9.42 Å². The smallest absolute Gasteiger partial charge is 0.341 e. The number of carbonyl (C=O) groups excluding carboxylic acids is 1. The van der Waals surface area contributed by atoms with Gasteiger partial charge in [0.1, 0.15) is 0 Å². The fourth-order valence-electron chi connectivity index (χ4n) is 0.778. The third-order valence-electron chi connectivity index (χ3n) is 1.91. The molecule has 16 heavy (non-hydrogen) atoms. The van der Waals surface area contributed by atoms with E-state index in [0.717, 1.165) is 0 Å². The number of carbonyl (C=O) groups is 1. The van der Waals surface area contributed by atoms with Crippen LogP contribution in [0.5, 0.6) is 0 Å². The molecule has 0 fully saturated rings. The minimum absolute atomic E-state index is 0.266. The molecule has 0 bridgehead atoms. The highest BCUT2D eigenvalue weighted by atomic mass is 31.1. The van der Waals surface area contributed by atoms with E-state index in [1.54, 1.807) is 0 Å². The van der Waals surface area contributed by atoms with Gasteiger partial charge in [-0.05, 0) is 13.8 Å². The third kappa shape index (κ3) is 11.6. The number of hydrogen-bond donors (Lipinski definition) is 1. The Kier molecular flexibility index (Phi) is 14.0. The van der Waals surface area contributed by atoms with E-state index in [1.807, 2.05) is 13.8 Å². The molecule has 0 saturated carbocycles. The van der Waals surface area contributed by atoms with Crippen molar-refractivity contribution in [2.24, 2.45) is 0 Å². The van der Waals surface area contributed by atoms with Crippen molar-refractivity contribution >= 4 is 14.2 Å². The summed E-state index contributed by atoms with van der Waals surface area (Å²) < 4.78 is 14.3. The summed E-state index contributed by atoms with van der Waals surface area (Å²) in [4.78, 5) is 20.8. The highest BCUT2D eigenvalue weighted by Crippen LogP contribution is 2.13. The fourth-order valence-corrected chi connectivity index (χ4v) is 0.999. The first kappa shape index (κ1) is 17.9. The van der Waals surface area contributed by atoms with Gasteiger partial charge >= 0.3 is 8.25 Å². The first-order chi connectivity index (χ1) is 7.53. The monoisotopic (exact) mass is 252 g/mol. The number of likely N-dealkylation sites (N-methyl/N-ethyl adjacent to an activating group) is 1. The maximum absolute atomic E-state index is 11.1.